The zero-order chi connectivity index (χ0) is 22.0. The van der Waals surface area contributed by atoms with Gasteiger partial charge in [0.1, 0.15) is 34.7 Å². The Balaban J connectivity index is 2.05. The van der Waals surface area contributed by atoms with E-state index in [-0.39, 0.29) is 46.7 Å². The fraction of sp³-hybridized carbons (Fsp3) is 0.320. The summed E-state index contributed by atoms with van der Waals surface area (Å²) < 4.78 is 6.12. The van der Waals surface area contributed by atoms with E-state index in [1.165, 1.54) is 17.7 Å². The highest BCUT2D eigenvalue weighted by Crippen LogP contribution is 2.47. The van der Waals surface area contributed by atoms with Crippen molar-refractivity contribution in [2.75, 3.05) is 0 Å². The maximum Gasteiger partial charge on any atom is 0.174 e. The molecule has 2 aromatic carbocycles. The molecule has 5 heteroatoms. The van der Waals surface area contributed by atoms with Crippen LogP contribution in [0.3, 0.4) is 0 Å². The van der Waals surface area contributed by atoms with Crippen LogP contribution in [-0.4, -0.2) is 21.1 Å². The molecule has 1 aliphatic heterocycles. The molecule has 0 saturated heterocycles. The smallest absolute Gasteiger partial charge is 0.174 e. The van der Waals surface area contributed by atoms with E-state index < -0.39 is 6.10 Å². The second-order valence-corrected chi connectivity index (χ2v) is 8.15. The molecule has 2 aromatic rings. The zero-order valence-corrected chi connectivity index (χ0v) is 17.6. The minimum Gasteiger partial charge on any atom is -0.508 e. The number of fused-ring (bicyclic) bond motifs is 1. The lowest BCUT2D eigenvalue weighted by molar-refractivity contribution is 0.0839. The molecule has 0 radical (unpaired) electrons. The highest BCUT2D eigenvalue weighted by atomic mass is 16.5. The molecule has 0 amide bonds. The first-order valence-corrected chi connectivity index (χ1v) is 10.0. The van der Waals surface area contributed by atoms with Crippen molar-refractivity contribution in [1.29, 1.82) is 0 Å². The lowest BCUT2D eigenvalue weighted by Crippen LogP contribution is -2.22. The number of phenolic OH excluding ortho intramolecular Hbond substituents is 3. The van der Waals surface area contributed by atoms with Crippen LogP contribution in [0.1, 0.15) is 61.2 Å². The number of carbonyl (C=O) groups excluding carboxylic acids is 1. The number of ether oxygens (including phenoxy) is 1. The molecule has 0 aliphatic carbocycles. The Bertz CT molecular complexity index is 1010. The highest BCUT2D eigenvalue weighted by molar-refractivity contribution is 6.03. The van der Waals surface area contributed by atoms with Crippen LogP contribution < -0.4 is 4.74 Å². The van der Waals surface area contributed by atoms with E-state index >= 15 is 0 Å². The van der Waals surface area contributed by atoms with Crippen LogP contribution in [0.5, 0.6) is 23.0 Å². The quantitative estimate of drug-likeness (QED) is 0.542. The van der Waals surface area contributed by atoms with Crippen molar-refractivity contribution in [3.63, 3.8) is 0 Å². The van der Waals surface area contributed by atoms with Crippen LogP contribution in [-0.2, 0) is 6.42 Å². The molecular formula is C25H28O5. The summed E-state index contributed by atoms with van der Waals surface area (Å²) in [5.41, 5.74) is 3.17. The van der Waals surface area contributed by atoms with Gasteiger partial charge in [-0.25, -0.2) is 0 Å². The maximum absolute atomic E-state index is 12.9. The molecule has 5 nitrogen and oxygen atoms in total. The van der Waals surface area contributed by atoms with Crippen molar-refractivity contribution in [3.8, 4) is 23.0 Å². The van der Waals surface area contributed by atoms with Crippen LogP contribution >= 0.6 is 0 Å². The minimum atomic E-state index is -0.702. The number of rotatable bonds is 6. The third-order valence-electron chi connectivity index (χ3n) is 5.49. The summed E-state index contributed by atoms with van der Waals surface area (Å²) >= 11 is 0. The Morgan fingerprint density at radius 1 is 1.17 bits per heavy atom. The van der Waals surface area contributed by atoms with Gasteiger partial charge in [0.15, 0.2) is 5.78 Å². The monoisotopic (exact) mass is 408 g/mol. The standard InChI is InChI=1S/C25H28O5/c1-14(2)9-10-16(15(3)4)11-18-20(27)12-21(28)24-22(29)13-23(30-25(18)24)17-7-5-6-8-19(17)26/h5-9,12,16,23,26-28H,3,10-11,13H2,1-2,4H3/t16?,23-/m0/s1. The number of aromatic hydroxyl groups is 3. The summed E-state index contributed by atoms with van der Waals surface area (Å²) in [6.07, 6.45) is 2.55. The Labute approximate surface area is 177 Å². The largest absolute Gasteiger partial charge is 0.508 e. The summed E-state index contributed by atoms with van der Waals surface area (Å²) in [5.74, 6) is -0.472. The van der Waals surface area contributed by atoms with E-state index in [0.29, 0.717) is 17.5 Å². The minimum absolute atomic E-state index is 0.00989. The number of Topliss-reactive ketones (excluding diaryl/α,β-unsaturated/α-hetero) is 1. The molecule has 158 valence electrons. The van der Waals surface area contributed by atoms with Crippen LogP contribution in [0, 0.1) is 5.92 Å². The van der Waals surface area contributed by atoms with Gasteiger partial charge < -0.3 is 20.1 Å². The molecule has 30 heavy (non-hydrogen) atoms. The molecule has 3 rings (SSSR count). The third-order valence-corrected chi connectivity index (χ3v) is 5.49. The number of para-hydroxylation sites is 1. The van der Waals surface area contributed by atoms with Gasteiger partial charge in [0.25, 0.3) is 0 Å². The summed E-state index contributed by atoms with van der Waals surface area (Å²) in [7, 11) is 0. The fourth-order valence-corrected chi connectivity index (χ4v) is 3.74. The van der Waals surface area contributed by atoms with Gasteiger partial charge in [0, 0.05) is 17.2 Å². The van der Waals surface area contributed by atoms with Gasteiger partial charge in [0.2, 0.25) is 0 Å². The summed E-state index contributed by atoms with van der Waals surface area (Å²) in [4.78, 5) is 12.9. The zero-order valence-electron chi connectivity index (χ0n) is 17.6. The molecule has 0 aromatic heterocycles. The van der Waals surface area contributed by atoms with Gasteiger partial charge in [-0.05, 0) is 45.6 Å². The molecule has 0 spiro atoms. The topological polar surface area (TPSA) is 87.0 Å². The molecule has 1 heterocycles. The molecule has 2 atom stereocenters. The Kier molecular flexibility index (Phi) is 6.20. The lowest BCUT2D eigenvalue weighted by atomic mass is 9.86. The maximum atomic E-state index is 12.9. The van der Waals surface area contributed by atoms with Crippen molar-refractivity contribution in [2.45, 2.75) is 46.1 Å². The molecular weight excluding hydrogens is 380 g/mol. The number of ketones is 1. The molecule has 3 N–H and O–H groups in total. The van der Waals surface area contributed by atoms with Gasteiger partial charge in [-0.15, -0.1) is 0 Å². The van der Waals surface area contributed by atoms with Gasteiger partial charge in [0.05, 0.1) is 6.42 Å². The third kappa shape index (κ3) is 4.35. The van der Waals surface area contributed by atoms with Gasteiger partial charge >= 0.3 is 0 Å². The SMILES string of the molecule is C=C(C)C(CC=C(C)C)Cc1c(O)cc(O)c2c1O[C@H](c1ccccc1O)CC2=O. The normalized spacial score (nSPS) is 16.4. The first kappa shape index (κ1) is 21.5. The predicted molar refractivity (Wildman–Crippen MR) is 116 cm³/mol. The van der Waals surface area contributed by atoms with E-state index in [2.05, 4.69) is 12.7 Å². The van der Waals surface area contributed by atoms with Crippen LogP contribution in [0.25, 0.3) is 0 Å². The lowest BCUT2D eigenvalue weighted by Gasteiger charge is -2.29. The van der Waals surface area contributed by atoms with Crippen molar-refractivity contribution in [1.82, 2.24) is 0 Å². The average Bonchev–Trinajstić information content (AvgIpc) is 2.66. The summed E-state index contributed by atoms with van der Waals surface area (Å²) in [5, 5.41) is 31.1. The fourth-order valence-electron chi connectivity index (χ4n) is 3.74. The Hall–Kier alpha value is -3.21. The average molecular weight is 408 g/mol. The Morgan fingerprint density at radius 3 is 2.50 bits per heavy atom. The van der Waals surface area contributed by atoms with Crippen molar-refractivity contribution in [2.24, 2.45) is 5.92 Å². The van der Waals surface area contributed by atoms with Crippen molar-refractivity contribution < 1.29 is 24.9 Å². The predicted octanol–water partition coefficient (Wildman–Crippen LogP) is 5.60. The molecule has 0 fully saturated rings. The first-order chi connectivity index (χ1) is 14.2. The first-order valence-electron chi connectivity index (χ1n) is 10.0. The second kappa shape index (κ2) is 8.66. The molecule has 1 aliphatic rings. The number of allylic oxidation sites excluding steroid dienone is 3. The van der Waals surface area contributed by atoms with E-state index in [1.807, 2.05) is 20.8 Å². The van der Waals surface area contributed by atoms with Crippen LogP contribution in [0.15, 0.2) is 54.1 Å². The number of benzene rings is 2. The number of carbonyl (C=O) groups is 1. The van der Waals surface area contributed by atoms with E-state index in [4.69, 9.17) is 4.74 Å². The van der Waals surface area contributed by atoms with E-state index in [1.54, 1.807) is 18.2 Å². The van der Waals surface area contributed by atoms with Gasteiger partial charge in [-0.2, -0.15) is 0 Å². The molecule has 0 saturated carbocycles. The van der Waals surface area contributed by atoms with E-state index in [9.17, 15) is 20.1 Å². The molecule has 1 unspecified atom stereocenters. The van der Waals surface area contributed by atoms with E-state index in [0.717, 1.165) is 12.0 Å². The highest BCUT2D eigenvalue weighted by Gasteiger charge is 2.35. The Morgan fingerprint density at radius 2 is 1.87 bits per heavy atom. The number of hydrogen-bond acceptors (Lipinski definition) is 5. The number of hydrogen-bond donors (Lipinski definition) is 3. The van der Waals surface area contributed by atoms with Crippen molar-refractivity contribution in [3.05, 3.63) is 70.8 Å². The van der Waals surface area contributed by atoms with Crippen molar-refractivity contribution >= 4 is 5.78 Å². The molecule has 0 bridgehead atoms. The number of phenols is 3. The summed E-state index contributed by atoms with van der Waals surface area (Å²) in [6, 6.07) is 7.89. The summed E-state index contributed by atoms with van der Waals surface area (Å²) in [6.45, 7) is 10.1. The van der Waals surface area contributed by atoms with Gasteiger partial charge in [-0.1, -0.05) is 42.0 Å². The van der Waals surface area contributed by atoms with Gasteiger partial charge in [-0.3, -0.25) is 4.79 Å². The van der Waals surface area contributed by atoms with Crippen LogP contribution in [0.2, 0.25) is 0 Å². The van der Waals surface area contributed by atoms with Crippen LogP contribution in [0.4, 0.5) is 0 Å². The second-order valence-electron chi connectivity index (χ2n) is 8.15.